The molecule has 1 aliphatic rings. The van der Waals surface area contributed by atoms with Gasteiger partial charge in [0, 0.05) is 29.7 Å². The Balaban J connectivity index is 1.44. The van der Waals surface area contributed by atoms with Crippen molar-refractivity contribution in [2.45, 2.75) is 32.0 Å². The monoisotopic (exact) mass is 499 g/mol. The van der Waals surface area contributed by atoms with Gasteiger partial charge in [0.1, 0.15) is 15.6 Å². The number of hydrogen-bond acceptors (Lipinski definition) is 7. The van der Waals surface area contributed by atoms with E-state index in [0.29, 0.717) is 34.4 Å². The van der Waals surface area contributed by atoms with E-state index in [1.54, 1.807) is 24.3 Å². The predicted molar refractivity (Wildman–Crippen MR) is 132 cm³/mol. The van der Waals surface area contributed by atoms with Gasteiger partial charge < -0.3 is 14.8 Å². The molecule has 9 heteroatoms. The highest BCUT2D eigenvalue weighted by molar-refractivity contribution is 7.17. The molecule has 0 saturated carbocycles. The summed E-state index contributed by atoms with van der Waals surface area (Å²) in [6.45, 7) is 2.97. The fraction of sp³-hybridized carbons (Fsp3) is 0.320. The Labute approximate surface area is 207 Å². The van der Waals surface area contributed by atoms with Gasteiger partial charge in [0.15, 0.2) is 0 Å². The number of para-hydroxylation sites is 1. The van der Waals surface area contributed by atoms with Crippen LogP contribution in [-0.2, 0) is 9.53 Å². The number of piperidine rings is 1. The van der Waals surface area contributed by atoms with Gasteiger partial charge in [-0.15, -0.1) is 11.3 Å². The third-order valence-corrected chi connectivity index (χ3v) is 7.06. The van der Waals surface area contributed by atoms with Gasteiger partial charge in [-0.1, -0.05) is 41.9 Å². The fourth-order valence-electron chi connectivity index (χ4n) is 3.91. The van der Waals surface area contributed by atoms with Crippen molar-refractivity contribution in [2.75, 3.05) is 20.2 Å². The van der Waals surface area contributed by atoms with Gasteiger partial charge in [-0.2, -0.15) is 0 Å². The Morgan fingerprint density at radius 3 is 2.62 bits per heavy atom. The van der Waals surface area contributed by atoms with E-state index in [1.807, 2.05) is 42.2 Å². The molecule has 0 bridgehead atoms. The first-order valence-electron chi connectivity index (χ1n) is 11.0. The highest BCUT2D eigenvalue weighted by Crippen LogP contribution is 2.29. The quantitative estimate of drug-likeness (QED) is 0.480. The number of nitrogens with one attached hydrogen (secondary N) is 1. The van der Waals surface area contributed by atoms with Gasteiger partial charge in [-0.25, -0.2) is 9.78 Å². The number of aromatic nitrogens is 1. The number of likely N-dealkylation sites (tertiary alicyclic amines) is 1. The van der Waals surface area contributed by atoms with E-state index in [0.717, 1.165) is 23.4 Å². The SMILES string of the molecule is COC(=O)C(Oc1ccccc1)N1CCCC(NC(=O)c2sc(-c3ccc(Cl)cc3)nc2C)C1. The third-order valence-electron chi connectivity index (χ3n) is 5.61. The normalized spacial score (nSPS) is 17.1. The van der Waals surface area contributed by atoms with Crippen LogP contribution in [0.4, 0.5) is 0 Å². The lowest BCUT2D eigenvalue weighted by molar-refractivity contribution is -0.159. The van der Waals surface area contributed by atoms with Gasteiger partial charge in [-0.3, -0.25) is 9.69 Å². The number of nitrogens with zero attached hydrogens (tertiary/aromatic N) is 2. The molecule has 1 fully saturated rings. The Hall–Kier alpha value is -2.94. The number of halogens is 1. The molecular weight excluding hydrogens is 474 g/mol. The van der Waals surface area contributed by atoms with Crippen molar-refractivity contribution in [3.8, 4) is 16.3 Å². The number of hydrogen-bond donors (Lipinski definition) is 1. The molecule has 34 heavy (non-hydrogen) atoms. The largest absolute Gasteiger partial charge is 0.465 e. The van der Waals surface area contributed by atoms with E-state index < -0.39 is 12.2 Å². The van der Waals surface area contributed by atoms with Gasteiger partial charge >= 0.3 is 5.97 Å². The number of aryl methyl sites for hydroxylation is 1. The molecular formula is C25H26ClN3O4S. The lowest BCUT2D eigenvalue weighted by Gasteiger charge is -2.36. The zero-order valence-corrected chi connectivity index (χ0v) is 20.6. The molecule has 0 radical (unpaired) electrons. The van der Waals surface area contributed by atoms with E-state index in [2.05, 4.69) is 10.3 Å². The number of thiazole rings is 1. The molecule has 3 aromatic rings. The number of esters is 1. The average Bonchev–Trinajstić information content (AvgIpc) is 3.25. The van der Waals surface area contributed by atoms with E-state index >= 15 is 0 Å². The van der Waals surface area contributed by atoms with Crippen molar-refractivity contribution >= 4 is 34.8 Å². The topological polar surface area (TPSA) is 80.8 Å². The van der Waals surface area contributed by atoms with Crippen LogP contribution >= 0.6 is 22.9 Å². The molecule has 1 N–H and O–H groups in total. The van der Waals surface area contributed by atoms with Crippen molar-refractivity contribution < 1.29 is 19.1 Å². The van der Waals surface area contributed by atoms with Crippen LogP contribution in [0.1, 0.15) is 28.2 Å². The van der Waals surface area contributed by atoms with Crippen LogP contribution < -0.4 is 10.1 Å². The highest BCUT2D eigenvalue weighted by atomic mass is 35.5. The van der Waals surface area contributed by atoms with Crippen LogP contribution in [0.5, 0.6) is 5.75 Å². The Morgan fingerprint density at radius 1 is 1.18 bits per heavy atom. The number of carbonyl (C=O) groups is 2. The lowest BCUT2D eigenvalue weighted by atomic mass is 10.1. The highest BCUT2D eigenvalue weighted by Gasteiger charge is 2.34. The van der Waals surface area contributed by atoms with E-state index in [4.69, 9.17) is 21.1 Å². The molecule has 2 unspecified atom stereocenters. The molecule has 1 saturated heterocycles. The van der Waals surface area contributed by atoms with E-state index in [9.17, 15) is 9.59 Å². The molecule has 1 aromatic heterocycles. The number of amides is 1. The number of ether oxygens (including phenoxy) is 2. The van der Waals surface area contributed by atoms with Gasteiger partial charge in [0.2, 0.25) is 0 Å². The number of rotatable bonds is 7. The second-order valence-corrected chi connectivity index (χ2v) is 9.49. The Morgan fingerprint density at radius 2 is 1.91 bits per heavy atom. The summed E-state index contributed by atoms with van der Waals surface area (Å²) in [6, 6.07) is 16.4. The second kappa shape index (κ2) is 11.0. The molecule has 1 aliphatic heterocycles. The second-order valence-electron chi connectivity index (χ2n) is 8.05. The van der Waals surface area contributed by atoms with Crippen LogP contribution in [0.25, 0.3) is 10.6 Å². The molecule has 7 nitrogen and oxygen atoms in total. The molecule has 0 spiro atoms. The summed E-state index contributed by atoms with van der Waals surface area (Å²) in [4.78, 5) is 32.6. The molecule has 1 amide bonds. The maximum Gasteiger partial charge on any atom is 0.363 e. The summed E-state index contributed by atoms with van der Waals surface area (Å²) in [7, 11) is 1.34. The summed E-state index contributed by atoms with van der Waals surface area (Å²) in [5, 5.41) is 4.54. The summed E-state index contributed by atoms with van der Waals surface area (Å²) in [6.07, 6.45) is 0.742. The minimum absolute atomic E-state index is 0.131. The first-order valence-corrected chi connectivity index (χ1v) is 12.2. The number of benzene rings is 2. The van der Waals surface area contributed by atoms with Crippen LogP contribution in [-0.4, -0.2) is 54.2 Å². The van der Waals surface area contributed by atoms with Crippen molar-refractivity contribution in [3.05, 3.63) is 70.2 Å². The molecule has 4 rings (SSSR count). The maximum absolute atomic E-state index is 13.1. The Bertz CT molecular complexity index is 1140. The zero-order chi connectivity index (χ0) is 24.1. The standard InChI is InChI=1S/C25H26ClN3O4S/c1-16-21(34-23(27-16)17-10-12-18(26)13-11-17)22(30)28-19-7-6-14-29(15-19)24(25(31)32-2)33-20-8-4-3-5-9-20/h3-5,8-13,19,24H,6-7,14-15H2,1-2H3,(H,28,30). The van der Waals surface area contributed by atoms with Crippen molar-refractivity contribution in [1.29, 1.82) is 0 Å². The molecule has 2 heterocycles. The van der Waals surface area contributed by atoms with E-state index in [-0.39, 0.29) is 11.9 Å². The van der Waals surface area contributed by atoms with Gasteiger partial charge in [0.05, 0.1) is 12.8 Å². The van der Waals surface area contributed by atoms with E-state index in [1.165, 1.54) is 18.4 Å². The average molecular weight is 500 g/mol. The van der Waals surface area contributed by atoms with Crippen molar-refractivity contribution in [1.82, 2.24) is 15.2 Å². The predicted octanol–water partition coefficient (Wildman–Crippen LogP) is 4.54. The molecule has 2 atom stereocenters. The zero-order valence-electron chi connectivity index (χ0n) is 19.0. The lowest BCUT2D eigenvalue weighted by Crippen LogP contribution is -2.55. The fourth-order valence-corrected chi connectivity index (χ4v) is 5.01. The first kappa shape index (κ1) is 24.2. The van der Waals surface area contributed by atoms with Crippen molar-refractivity contribution in [2.24, 2.45) is 0 Å². The summed E-state index contributed by atoms with van der Waals surface area (Å²) in [5.41, 5.74) is 1.60. The minimum Gasteiger partial charge on any atom is -0.465 e. The van der Waals surface area contributed by atoms with Crippen molar-refractivity contribution in [3.63, 3.8) is 0 Å². The third kappa shape index (κ3) is 5.75. The number of carbonyl (C=O) groups excluding carboxylic acids is 2. The Kier molecular flexibility index (Phi) is 7.82. The van der Waals surface area contributed by atoms with Gasteiger partial charge in [-0.05, 0) is 44.0 Å². The number of methoxy groups -OCH3 is 1. The van der Waals surface area contributed by atoms with Crippen LogP contribution in [0, 0.1) is 6.92 Å². The van der Waals surface area contributed by atoms with Gasteiger partial charge in [0.25, 0.3) is 12.1 Å². The molecule has 2 aromatic carbocycles. The minimum atomic E-state index is -0.881. The first-order chi connectivity index (χ1) is 16.4. The summed E-state index contributed by atoms with van der Waals surface area (Å²) >= 11 is 7.33. The van der Waals surface area contributed by atoms with Crippen LogP contribution in [0.3, 0.4) is 0 Å². The maximum atomic E-state index is 13.1. The smallest absolute Gasteiger partial charge is 0.363 e. The van der Waals surface area contributed by atoms with Crippen LogP contribution in [0.15, 0.2) is 54.6 Å². The summed E-state index contributed by atoms with van der Waals surface area (Å²) in [5.74, 6) is -0.0542. The summed E-state index contributed by atoms with van der Waals surface area (Å²) < 4.78 is 10.9. The van der Waals surface area contributed by atoms with Crippen LogP contribution in [0.2, 0.25) is 5.02 Å². The molecule has 0 aliphatic carbocycles. The molecule has 178 valence electrons.